The summed E-state index contributed by atoms with van der Waals surface area (Å²) < 4.78 is 5.55. The molecular weight excluding hydrogens is 386 g/mol. The molecule has 4 rings (SSSR count). The van der Waals surface area contributed by atoms with Crippen LogP contribution in [0.5, 0.6) is 5.88 Å². The van der Waals surface area contributed by atoms with Crippen molar-refractivity contribution in [1.82, 2.24) is 15.2 Å². The summed E-state index contributed by atoms with van der Waals surface area (Å²) in [6, 6.07) is 13.5. The Morgan fingerprint density at radius 2 is 1.93 bits per heavy atom. The van der Waals surface area contributed by atoms with Crippen molar-refractivity contribution < 1.29 is 9.53 Å². The van der Waals surface area contributed by atoms with Gasteiger partial charge >= 0.3 is 0 Å². The topological polar surface area (TPSA) is 54.5 Å². The Balaban J connectivity index is 1.36. The number of halogens is 1. The first kappa shape index (κ1) is 20.2. The molecule has 0 radical (unpaired) electrons. The second-order valence-electron chi connectivity index (χ2n) is 8.36. The van der Waals surface area contributed by atoms with E-state index >= 15 is 0 Å². The summed E-state index contributed by atoms with van der Waals surface area (Å²) in [7, 11) is 0. The van der Waals surface area contributed by atoms with Crippen LogP contribution in [0, 0.1) is 0 Å². The molecule has 0 aliphatic carbocycles. The third-order valence-corrected chi connectivity index (χ3v) is 6.12. The summed E-state index contributed by atoms with van der Waals surface area (Å²) in [6.45, 7) is 4.82. The van der Waals surface area contributed by atoms with Crippen molar-refractivity contribution >= 4 is 17.5 Å². The van der Waals surface area contributed by atoms with Crippen LogP contribution in [0.15, 0.2) is 42.6 Å². The molecule has 1 amide bonds. The highest BCUT2D eigenvalue weighted by molar-refractivity contribution is 6.32. The molecule has 1 aromatic carbocycles. The minimum atomic E-state index is -0.114. The Hall–Kier alpha value is -2.11. The summed E-state index contributed by atoms with van der Waals surface area (Å²) >= 11 is 6.24. The molecule has 0 saturated carbocycles. The number of hydrogen-bond acceptors (Lipinski definition) is 4. The Labute approximate surface area is 177 Å². The molecule has 2 aliphatic heterocycles. The molecule has 29 heavy (non-hydrogen) atoms. The van der Waals surface area contributed by atoms with Crippen molar-refractivity contribution in [3.8, 4) is 5.88 Å². The summed E-state index contributed by atoms with van der Waals surface area (Å²) in [5, 5.41) is 3.57. The van der Waals surface area contributed by atoms with Gasteiger partial charge in [0.05, 0.1) is 11.7 Å². The van der Waals surface area contributed by atoms with E-state index in [2.05, 4.69) is 45.5 Å². The van der Waals surface area contributed by atoms with Gasteiger partial charge in [0.1, 0.15) is 5.02 Å². The molecule has 2 aliphatic rings. The van der Waals surface area contributed by atoms with Crippen molar-refractivity contribution in [3.63, 3.8) is 0 Å². The van der Waals surface area contributed by atoms with Crippen molar-refractivity contribution in [2.75, 3.05) is 0 Å². The van der Waals surface area contributed by atoms with Crippen LogP contribution in [-0.2, 0) is 6.54 Å². The van der Waals surface area contributed by atoms with Gasteiger partial charge in [-0.2, -0.15) is 0 Å². The highest BCUT2D eigenvalue weighted by atomic mass is 35.5. The van der Waals surface area contributed by atoms with E-state index in [1.165, 1.54) is 24.6 Å². The van der Waals surface area contributed by atoms with E-state index in [1.807, 2.05) is 13.8 Å². The number of rotatable bonds is 6. The molecule has 6 heteroatoms. The largest absolute Gasteiger partial charge is 0.474 e. The van der Waals surface area contributed by atoms with Gasteiger partial charge in [0.15, 0.2) is 0 Å². The number of carbonyl (C=O) groups excluding carboxylic acids is 1. The first-order valence-corrected chi connectivity index (χ1v) is 10.8. The van der Waals surface area contributed by atoms with Crippen LogP contribution < -0.4 is 10.1 Å². The summed E-state index contributed by atoms with van der Waals surface area (Å²) in [5.74, 6) is 0.252. The zero-order valence-corrected chi connectivity index (χ0v) is 17.7. The molecule has 1 aromatic heterocycles. The van der Waals surface area contributed by atoms with Gasteiger partial charge in [0.25, 0.3) is 5.91 Å². The molecular formula is C23H28ClN3O2. The summed E-state index contributed by atoms with van der Waals surface area (Å²) in [4.78, 5) is 19.6. The van der Waals surface area contributed by atoms with Crippen LogP contribution in [0.2, 0.25) is 5.02 Å². The number of aromatic nitrogens is 1. The number of fused-ring (bicyclic) bond motifs is 2. The van der Waals surface area contributed by atoms with Crippen molar-refractivity contribution in [2.45, 2.75) is 70.3 Å². The van der Waals surface area contributed by atoms with Gasteiger partial charge in [-0.3, -0.25) is 9.69 Å². The number of ether oxygens (including phenoxy) is 1. The zero-order valence-electron chi connectivity index (χ0n) is 17.0. The third-order valence-electron chi connectivity index (χ3n) is 5.84. The average molecular weight is 414 g/mol. The van der Waals surface area contributed by atoms with Crippen LogP contribution in [0.1, 0.15) is 55.5 Å². The highest BCUT2D eigenvalue weighted by Crippen LogP contribution is 2.37. The van der Waals surface area contributed by atoms with Crippen molar-refractivity contribution in [3.05, 3.63) is 58.7 Å². The summed E-state index contributed by atoms with van der Waals surface area (Å²) in [5.41, 5.74) is 1.83. The van der Waals surface area contributed by atoms with Gasteiger partial charge < -0.3 is 10.1 Å². The number of pyridine rings is 1. The fourth-order valence-electron chi connectivity index (χ4n) is 4.57. The zero-order chi connectivity index (χ0) is 20.4. The number of hydrogen-bond donors (Lipinski definition) is 1. The predicted molar refractivity (Wildman–Crippen MR) is 114 cm³/mol. The van der Waals surface area contributed by atoms with Crippen LogP contribution >= 0.6 is 11.6 Å². The van der Waals surface area contributed by atoms with Crippen LogP contribution in [0.25, 0.3) is 0 Å². The first-order valence-electron chi connectivity index (χ1n) is 10.4. The average Bonchev–Trinajstić information content (AvgIpc) is 2.92. The van der Waals surface area contributed by atoms with E-state index in [0.717, 1.165) is 19.4 Å². The van der Waals surface area contributed by atoms with Crippen LogP contribution in [0.3, 0.4) is 0 Å². The maximum Gasteiger partial charge on any atom is 0.253 e. The molecule has 2 bridgehead atoms. The van der Waals surface area contributed by atoms with E-state index in [4.69, 9.17) is 16.3 Å². The standard InChI is InChI=1S/C23H28ClN3O2/c1-15(2)29-23-21(24)10-17(13-25-23)22(28)26-18-11-19-8-9-20(12-18)27(19)14-16-6-4-3-5-7-16/h3-7,10,13,15,18-20H,8-9,11-12,14H2,1-2H3,(H,26,28). The van der Waals surface area contributed by atoms with Crippen LogP contribution in [-0.4, -0.2) is 40.0 Å². The van der Waals surface area contributed by atoms with Gasteiger partial charge in [-0.05, 0) is 51.2 Å². The van der Waals surface area contributed by atoms with E-state index in [1.54, 1.807) is 6.07 Å². The molecule has 2 saturated heterocycles. The number of benzene rings is 1. The number of nitrogens with zero attached hydrogens (tertiary/aromatic N) is 2. The molecule has 1 N–H and O–H groups in total. The van der Waals surface area contributed by atoms with Crippen molar-refractivity contribution in [1.29, 1.82) is 0 Å². The van der Waals surface area contributed by atoms with Gasteiger partial charge in [-0.25, -0.2) is 4.98 Å². The molecule has 2 atom stereocenters. The van der Waals surface area contributed by atoms with Gasteiger partial charge in [0, 0.05) is 30.9 Å². The van der Waals surface area contributed by atoms with E-state index in [-0.39, 0.29) is 18.1 Å². The molecule has 2 aromatic rings. The van der Waals surface area contributed by atoms with E-state index < -0.39 is 0 Å². The lowest BCUT2D eigenvalue weighted by Crippen LogP contribution is -2.50. The van der Waals surface area contributed by atoms with Gasteiger partial charge in [-0.1, -0.05) is 41.9 Å². The Morgan fingerprint density at radius 1 is 1.24 bits per heavy atom. The lowest BCUT2D eigenvalue weighted by atomic mass is 9.96. The number of nitrogens with one attached hydrogen (secondary N) is 1. The monoisotopic (exact) mass is 413 g/mol. The van der Waals surface area contributed by atoms with E-state index in [9.17, 15) is 4.79 Å². The smallest absolute Gasteiger partial charge is 0.253 e. The minimum Gasteiger partial charge on any atom is -0.474 e. The Morgan fingerprint density at radius 3 is 2.55 bits per heavy atom. The molecule has 154 valence electrons. The minimum absolute atomic E-state index is 0.0174. The fraction of sp³-hybridized carbons (Fsp3) is 0.478. The number of amides is 1. The lowest BCUT2D eigenvalue weighted by molar-refractivity contribution is 0.0827. The maximum absolute atomic E-state index is 12.7. The quantitative estimate of drug-likeness (QED) is 0.760. The predicted octanol–water partition coefficient (Wildman–Crippen LogP) is 4.45. The molecule has 3 heterocycles. The molecule has 2 unspecified atom stereocenters. The first-order chi connectivity index (χ1) is 14.0. The summed E-state index contributed by atoms with van der Waals surface area (Å²) in [6.07, 6.45) is 5.92. The lowest BCUT2D eigenvalue weighted by Gasteiger charge is -2.39. The molecule has 5 nitrogen and oxygen atoms in total. The Bertz CT molecular complexity index is 844. The maximum atomic E-state index is 12.7. The number of piperidine rings is 1. The molecule has 0 spiro atoms. The van der Waals surface area contributed by atoms with E-state index in [0.29, 0.717) is 28.5 Å². The number of carbonyl (C=O) groups is 1. The second kappa shape index (κ2) is 8.72. The third kappa shape index (κ3) is 4.73. The van der Waals surface area contributed by atoms with Crippen molar-refractivity contribution in [2.24, 2.45) is 0 Å². The van der Waals surface area contributed by atoms with Gasteiger partial charge in [0.2, 0.25) is 5.88 Å². The molecule has 2 fully saturated rings. The van der Waals surface area contributed by atoms with Gasteiger partial charge in [-0.15, -0.1) is 0 Å². The fourth-order valence-corrected chi connectivity index (χ4v) is 4.78. The SMILES string of the molecule is CC(C)Oc1ncc(C(=O)NC2CC3CCC(C2)N3Cc2ccccc2)cc1Cl. The van der Waals surface area contributed by atoms with Crippen LogP contribution in [0.4, 0.5) is 0 Å². The normalized spacial score (nSPS) is 23.9. The Kier molecular flexibility index (Phi) is 6.07. The highest BCUT2D eigenvalue weighted by Gasteiger charge is 2.40. The second-order valence-corrected chi connectivity index (χ2v) is 8.77.